The Morgan fingerprint density at radius 3 is 2.69 bits per heavy atom. The number of imidazole rings is 1. The molecule has 3 aliphatic rings. The topological polar surface area (TPSA) is 115 Å². The number of anilines is 1. The summed E-state index contributed by atoms with van der Waals surface area (Å²) in [6.07, 6.45) is 14.5. The van der Waals surface area contributed by atoms with Crippen LogP contribution in [0.1, 0.15) is 64.7 Å². The minimum atomic E-state index is -0.627. The average Bonchev–Trinajstić information content (AvgIpc) is 3.60. The number of piperidine rings is 1. The third kappa shape index (κ3) is 5.24. The van der Waals surface area contributed by atoms with Gasteiger partial charge in [-0.3, -0.25) is 14.5 Å². The van der Waals surface area contributed by atoms with E-state index >= 15 is 0 Å². The molecule has 7 rings (SSSR count). The molecule has 1 saturated heterocycles. The van der Waals surface area contributed by atoms with Crippen molar-refractivity contribution in [3.05, 3.63) is 40.1 Å². The largest absolute Gasteiger partial charge is 0.439 e. The van der Waals surface area contributed by atoms with Crippen molar-refractivity contribution in [3.8, 4) is 22.8 Å². The van der Waals surface area contributed by atoms with Crippen molar-refractivity contribution in [1.29, 1.82) is 0 Å². The van der Waals surface area contributed by atoms with E-state index in [1.807, 2.05) is 19.2 Å². The quantitative estimate of drug-likeness (QED) is 0.286. The van der Waals surface area contributed by atoms with Crippen LogP contribution in [0.5, 0.6) is 0 Å². The maximum atomic E-state index is 11.9. The van der Waals surface area contributed by atoms with Gasteiger partial charge in [-0.1, -0.05) is 49.4 Å². The van der Waals surface area contributed by atoms with Gasteiger partial charge in [-0.25, -0.2) is 14.8 Å². The van der Waals surface area contributed by atoms with Crippen molar-refractivity contribution in [1.82, 2.24) is 29.7 Å². The van der Waals surface area contributed by atoms with Crippen molar-refractivity contribution < 1.29 is 9.26 Å². The zero-order valence-corrected chi connectivity index (χ0v) is 25.0. The molecule has 1 aliphatic heterocycles. The smallest absolute Gasteiger partial charge is 0.380 e. The van der Waals surface area contributed by atoms with Gasteiger partial charge in [-0.15, -0.1) is 0 Å². The second kappa shape index (κ2) is 11.4. The molecule has 2 saturated carbocycles. The first-order valence-electron chi connectivity index (χ1n) is 15.3. The van der Waals surface area contributed by atoms with Gasteiger partial charge in [0.2, 0.25) is 11.8 Å². The van der Waals surface area contributed by atoms with Crippen LogP contribution in [0.2, 0.25) is 5.02 Å². The lowest BCUT2D eigenvalue weighted by Gasteiger charge is -2.47. The maximum Gasteiger partial charge on any atom is 0.439 e. The van der Waals surface area contributed by atoms with Gasteiger partial charge in [0.25, 0.3) is 0 Å². The molecular formula is C31H38ClN7O3. The zero-order chi connectivity index (χ0) is 28.8. The SMILES string of the molecule is COC1CC2CCCCC2N(c2nc3cc(-c4noc(=O)[nH]4)nc(-c4cncc(Cl)c4)c3n2CC2CCC(C)CC2)C1. The maximum absolute atomic E-state index is 11.9. The molecule has 1 N–H and O–H groups in total. The fourth-order valence-electron chi connectivity index (χ4n) is 7.55. The van der Waals surface area contributed by atoms with Gasteiger partial charge in [0.05, 0.1) is 27.9 Å². The summed E-state index contributed by atoms with van der Waals surface area (Å²) < 4.78 is 13.2. The van der Waals surface area contributed by atoms with Crippen LogP contribution in [0.4, 0.5) is 5.95 Å². The van der Waals surface area contributed by atoms with Crippen molar-refractivity contribution in [2.75, 3.05) is 18.6 Å². The number of halogens is 1. The number of aromatic amines is 1. The lowest BCUT2D eigenvalue weighted by atomic mass is 9.77. The minimum absolute atomic E-state index is 0.165. The Kier molecular flexibility index (Phi) is 7.52. The number of pyridine rings is 2. The number of ether oxygens (including phenoxy) is 1. The van der Waals surface area contributed by atoms with E-state index in [9.17, 15) is 4.79 Å². The van der Waals surface area contributed by atoms with Crippen molar-refractivity contribution in [2.24, 2.45) is 17.8 Å². The molecule has 0 bridgehead atoms. The molecule has 3 fully saturated rings. The summed E-state index contributed by atoms with van der Waals surface area (Å²) in [5.41, 5.74) is 3.73. The number of methoxy groups -OCH3 is 1. The number of H-pyrrole nitrogens is 1. The van der Waals surface area contributed by atoms with Crippen LogP contribution >= 0.6 is 11.6 Å². The molecule has 3 unspecified atom stereocenters. The summed E-state index contributed by atoms with van der Waals surface area (Å²) >= 11 is 6.44. The fraction of sp³-hybridized carbons (Fsp3) is 0.581. The van der Waals surface area contributed by atoms with Crippen LogP contribution in [0, 0.1) is 17.8 Å². The van der Waals surface area contributed by atoms with Gasteiger partial charge in [-0.2, -0.15) is 0 Å². The van der Waals surface area contributed by atoms with Crippen LogP contribution < -0.4 is 10.7 Å². The van der Waals surface area contributed by atoms with E-state index in [0.717, 1.165) is 48.0 Å². The molecule has 5 heterocycles. The Morgan fingerprint density at radius 1 is 1.10 bits per heavy atom. The summed E-state index contributed by atoms with van der Waals surface area (Å²) in [6.45, 7) is 4.04. The second-order valence-corrected chi connectivity index (χ2v) is 13.0. The number of nitrogens with zero attached hydrogens (tertiary/aromatic N) is 6. The highest BCUT2D eigenvalue weighted by molar-refractivity contribution is 6.30. The molecule has 0 radical (unpaired) electrons. The Balaban J connectivity index is 1.44. The second-order valence-electron chi connectivity index (χ2n) is 12.6. The molecule has 222 valence electrons. The van der Waals surface area contributed by atoms with Crippen LogP contribution in [-0.2, 0) is 11.3 Å². The first kappa shape index (κ1) is 27.6. The minimum Gasteiger partial charge on any atom is -0.380 e. The Hall–Kier alpha value is -3.24. The number of hydrogen-bond acceptors (Lipinski definition) is 8. The molecule has 2 aliphatic carbocycles. The van der Waals surface area contributed by atoms with E-state index in [-0.39, 0.29) is 11.9 Å². The van der Waals surface area contributed by atoms with Crippen LogP contribution in [-0.4, -0.2) is 55.5 Å². The number of nitrogens with one attached hydrogen (secondary N) is 1. The Morgan fingerprint density at radius 2 is 1.93 bits per heavy atom. The summed E-state index contributed by atoms with van der Waals surface area (Å²) in [6, 6.07) is 4.22. The molecule has 4 aromatic heterocycles. The molecule has 0 aromatic carbocycles. The first-order chi connectivity index (χ1) is 20.5. The van der Waals surface area contributed by atoms with E-state index in [0.29, 0.717) is 34.3 Å². The molecule has 11 heteroatoms. The lowest BCUT2D eigenvalue weighted by Crippen LogP contribution is -2.53. The summed E-state index contributed by atoms with van der Waals surface area (Å²) in [7, 11) is 1.83. The molecule has 0 amide bonds. The van der Waals surface area contributed by atoms with E-state index in [1.54, 1.807) is 12.4 Å². The van der Waals surface area contributed by atoms with Crippen LogP contribution in [0.15, 0.2) is 33.8 Å². The van der Waals surface area contributed by atoms with Gasteiger partial charge < -0.3 is 14.2 Å². The highest BCUT2D eigenvalue weighted by Crippen LogP contribution is 2.42. The third-order valence-electron chi connectivity index (χ3n) is 9.77. The summed E-state index contributed by atoms with van der Waals surface area (Å²) in [5.74, 6) is 2.53. The Labute approximate surface area is 249 Å². The van der Waals surface area contributed by atoms with Gasteiger partial charge in [0.15, 0.2) is 0 Å². The normalized spacial score (nSPS) is 26.5. The van der Waals surface area contributed by atoms with E-state index in [1.165, 1.54) is 51.4 Å². The van der Waals surface area contributed by atoms with Crippen LogP contribution in [0.25, 0.3) is 33.8 Å². The van der Waals surface area contributed by atoms with Crippen molar-refractivity contribution >= 4 is 28.6 Å². The monoisotopic (exact) mass is 591 g/mol. The highest BCUT2D eigenvalue weighted by atomic mass is 35.5. The van der Waals surface area contributed by atoms with E-state index < -0.39 is 5.76 Å². The standard InChI is InChI=1S/C31H38ClN7O3/c1-18-7-9-19(10-8-18)16-39-28-24(35-30(39)38-17-23(41-2)12-20-5-3-4-6-26(20)38)13-25(29-36-31(40)42-37-29)34-27(28)21-11-22(32)15-33-14-21/h11,13-15,18-20,23,26H,3-10,12,16-17H2,1-2H3,(H,36,37,40). The van der Waals surface area contributed by atoms with Gasteiger partial charge in [0, 0.05) is 44.2 Å². The predicted octanol–water partition coefficient (Wildman–Crippen LogP) is 6.10. The lowest BCUT2D eigenvalue weighted by molar-refractivity contribution is 0.0477. The average molecular weight is 592 g/mol. The molecule has 0 spiro atoms. The number of fused-ring (bicyclic) bond motifs is 2. The molecular weight excluding hydrogens is 554 g/mol. The molecule has 42 heavy (non-hydrogen) atoms. The van der Waals surface area contributed by atoms with Gasteiger partial charge in [-0.05, 0) is 62.0 Å². The fourth-order valence-corrected chi connectivity index (χ4v) is 7.73. The highest BCUT2D eigenvalue weighted by Gasteiger charge is 2.40. The molecule has 3 atom stereocenters. The van der Waals surface area contributed by atoms with Gasteiger partial charge >= 0.3 is 5.76 Å². The summed E-state index contributed by atoms with van der Waals surface area (Å²) in [4.78, 5) is 31.8. The van der Waals surface area contributed by atoms with Crippen molar-refractivity contribution in [2.45, 2.75) is 83.4 Å². The molecule has 10 nitrogen and oxygen atoms in total. The summed E-state index contributed by atoms with van der Waals surface area (Å²) in [5, 5.41) is 4.46. The van der Waals surface area contributed by atoms with E-state index in [4.69, 9.17) is 30.8 Å². The number of hydrogen-bond donors (Lipinski definition) is 1. The zero-order valence-electron chi connectivity index (χ0n) is 24.3. The predicted molar refractivity (Wildman–Crippen MR) is 162 cm³/mol. The van der Waals surface area contributed by atoms with Crippen molar-refractivity contribution in [3.63, 3.8) is 0 Å². The molecule has 4 aromatic rings. The third-order valence-corrected chi connectivity index (χ3v) is 9.97. The van der Waals surface area contributed by atoms with Gasteiger partial charge in [0.1, 0.15) is 5.69 Å². The van der Waals surface area contributed by atoms with E-state index in [2.05, 4.69) is 31.5 Å². The Bertz CT molecular complexity index is 1620. The number of rotatable bonds is 6. The first-order valence-corrected chi connectivity index (χ1v) is 15.7. The number of aromatic nitrogens is 6. The van der Waals surface area contributed by atoms with Crippen LogP contribution in [0.3, 0.4) is 0 Å².